The molecule has 0 fully saturated rings. The minimum absolute atomic E-state index is 0.737. The Morgan fingerprint density at radius 3 is 3.00 bits per heavy atom. The number of rotatable bonds is 1. The summed E-state index contributed by atoms with van der Waals surface area (Å²) in [6.07, 6.45) is 3.42. The zero-order chi connectivity index (χ0) is 8.39. The molecule has 0 bridgehead atoms. The monoisotopic (exact) mass is 160 g/mol. The van der Waals surface area contributed by atoms with E-state index in [2.05, 4.69) is 9.97 Å². The lowest BCUT2D eigenvalue weighted by Gasteiger charge is -1.99. The summed E-state index contributed by atoms with van der Waals surface area (Å²) in [6, 6.07) is 5.64. The first-order valence-electron chi connectivity index (χ1n) is 3.65. The maximum absolute atomic E-state index is 5.02. The van der Waals surface area contributed by atoms with Gasteiger partial charge in [0.2, 0.25) is 0 Å². The van der Waals surface area contributed by atoms with Gasteiger partial charge in [-0.25, -0.2) is 0 Å². The highest BCUT2D eigenvalue weighted by molar-refractivity contribution is 5.74. The lowest BCUT2D eigenvalue weighted by atomic mass is 10.3. The largest absolute Gasteiger partial charge is 0.495 e. The van der Waals surface area contributed by atoms with Crippen LogP contribution in [0.5, 0.6) is 5.75 Å². The quantitative estimate of drug-likeness (QED) is 0.636. The molecule has 0 unspecified atom stereocenters. The topological polar surface area (TPSA) is 35.0 Å². The van der Waals surface area contributed by atoms with Crippen molar-refractivity contribution in [1.29, 1.82) is 0 Å². The zero-order valence-corrected chi connectivity index (χ0v) is 6.69. The van der Waals surface area contributed by atoms with E-state index in [1.54, 1.807) is 19.5 Å². The second-order valence-electron chi connectivity index (χ2n) is 2.42. The Labute approximate surface area is 70.0 Å². The van der Waals surface area contributed by atoms with Crippen LogP contribution in [0.1, 0.15) is 0 Å². The Morgan fingerprint density at radius 2 is 2.17 bits per heavy atom. The number of hydrogen-bond donors (Lipinski definition) is 0. The van der Waals surface area contributed by atoms with Crippen molar-refractivity contribution in [2.75, 3.05) is 7.11 Å². The van der Waals surface area contributed by atoms with Crippen LogP contribution in [-0.4, -0.2) is 17.1 Å². The molecule has 0 spiro atoms. The molecule has 12 heavy (non-hydrogen) atoms. The zero-order valence-electron chi connectivity index (χ0n) is 6.69. The normalized spacial score (nSPS) is 10.1. The van der Waals surface area contributed by atoms with E-state index in [0.29, 0.717) is 0 Å². The summed E-state index contributed by atoms with van der Waals surface area (Å²) in [5.41, 5.74) is 1.75. The van der Waals surface area contributed by atoms with Gasteiger partial charge in [0.25, 0.3) is 0 Å². The molecule has 2 rings (SSSR count). The summed E-state index contributed by atoms with van der Waals surface area (Å²) in [6.45, 7) is 0. The molecule has 0 radical (unpaired) electrons. The van der Waals surface area contributed by atoms with Crippen molar-refractivity contribution in [2.45, 2.75) is 0 Å². The number of nitrogens with zero attached hydrogens (tertiary/aromatic N) is 2. The van der Waals surface area contributed by atoms with E-state index >= 15 is 0 Å². The molecule has 2 aromatic heterocycles. The number of pyridine rings is 2. The number of aromatic nitrogens is 2. The Balaban J connectivity index is 2.67. The van der Waals surface area contributed by atoms with E-state index in [9.17, 15) is 0 Å². The summed E-state index contributed by atoms with van der Waals surface area (Å²) in [5, 5.41) is 0. The first-order chi connectivity index (χ1) is 5.90. The highest BCUT2D eigenvalue weighted by Gasteiger charge is 1.96. The maximum atomic E-state index is 5.02. The molecule has 3 heteroatoms. The third kappa shape index (κ3) is 1.09. The van der Waals surface area contributed by atoms with E-state index in [1.807, 2.05) is 18.2 Å². The van der Waals surface area contributed by atoms with Crippen molar-refractivity contribution >= 4 is 11.0 Å². The smallest absolute Gasteiger partial charge is 0.139 e. The minimum Gasteiger partial charge on any atom is -0.495 e. The lowest BCUT2D eigenvalue weighted by Crippen LogP contribution is -1.86. The van der Waals surface area contributed by atoms with Gasteiger partial charge in [-0.3, -0.25) is 9.97 Å². The average molecular weight is 160 g/mol. The molecule has 0 saturated carbocycles. The van der Waals surface area contributed by atoms with Crippen molar-refractivity contribution in [2.24, 2.45) is 0 Å². The van der Waals surface area contributed by atoms with Crippen molar-refractivity contribution in [3.63, 3.8) is 0 Å². The third-order valence-electron chi connectivity index (χ3n) is 1.66. The van der Waals surface area contributed by atoms with Gasteiger partial charge in [-0.1, -0.05) is 0 Å². The lowest BCUT2D eigenvalue weighted by molar-refractivity contribution is 0.413. The molecule has 0 amide bonds. The van der Waals surface area contributed by atoms with E-state index in [1.165, 1.54) is 0 Å². The molecule has 0 aromatic carbocycles. The molecule has 0 N–H and O–H groups in total. The van der Waals surface area contributed by atoms with Gasteiger partial charge in [-0.2, -0.15) is 0 Å². The molecule has 0 saturated heterocycles. The maximum Gasteiger partial charge on any atom is 0.139 e. The molecule has 0 aliphatic rings. The van der Waals surface area contributed by atoms with E-state index in [-0.39, 0.29) is 0 Å². The summed E-state index contributed by atoms with van der Waals surface area (Å²) >= 11 is 0. The molecule has 0 aliphatic carbocycles. The first kappa shape index (κ1) is 7.03. The molecule has 2 heterocycles. The fourth-order valence-electron chi connectivity index (χ4n) is 1.05. The fourth-order valence-corrected chi connectivity index (χ4v) is 1.05. The van der Waals surface area contributed by atoms with Crippen LogP contribution >= 0.6 is 0 Å². The molecule has 0 aliphatic heterocycles. The van der Waals surface area contributed by atoms with Crippen LogP contribution in [0.15, 0.2) is 30.6 Å². The average Bonchev–Trinajstić information content (AvgIpc) is 2.17. The highest BCUT2D eigenvalue weighted by atomic mass is 16.5. The number of hydrogen-bond acceptors (Lipinski definition) is 3. The van der Waals surface area contributed by atoms with Crippen molar-refractivity contribution in [3.05, 3.63) is 30.6 Å². The van der Waals surface area contributed by atoms with Crippen LogP contribution in [0.3, 0.4) is 0 Å². The van der Waals surface area contributed by atoms with Gasteiger partial charge in [0, 0.05) is 12.3 Å². The predicted octanol–water partition coefficient (Wildman–Crippen LogP) is 1.64. The third-order valence-corrected chi connectivity index (χ3v) is 1.66. The molecular weight excluding hydrogens is 152 g/mol. The van der Waals surface area contributed by atoms with Crippen molar-refractivity contribution in [1.82, 2.24) is 9.97 Å². The van der Waals surface area contributed by atoms with Gasteiger partial charge in [0.1, 0.15) is 5.75 Å². The van der Waals surface area contributed by atoms with Crippen LogP contribution in [0.4, 0.5) is 0 Å². The van der Waals surface area contributed by atoms with Crippen LogP contribution in [0.2, 0.25) is 0 Å². The SMILES string of the molecule is COc1cnc2cccnc2c1. The second-order valence-corrected chi connectivity index (χ2v) is 2.42. The minimum atomic E-state index is 0.737. The molecule has 2 aromatic rings. The standard InChI is InChI=1S/C9H8N2O/c1-12-7-5-9-8(11-6-7)3-2-4-10-9/h2-6H,1H3. The Hall–Kier alpha value is -1.64. The van der Waals surface area contributed by atoms with E-state index in [4.69, 9.17) is 4.74 Å². The van der Waals surface area contributed by atoms with Crippen molar-refractivity contribution in [3.8, 4) is 5.75 Å². The number of methoxy groups -OCH3 is 1. The van der Waals surface area contributed by atoms with Gasteiger partial charge in [-0.15, -0.1) is 0 Å². The summed E-state index contributed by atoms with van der Waals surface area (Å²) in [7, 11) is 1.62. The van der Waals surface area contributed by atoms with E-state index < -0.39 is 0 Å². The Morgan fingerprint density at radius 1 is 1.25 bits per heavy atom. The molecular formula is C9H8N2O. The molecule has 60 valence electrons. The van der Waals surface area contributed by atoms with Crippen LogP contribution in [-0.2, 0) is 0 Å². The van der Waals surface area contributed by atoms with Gasteiger partial charge in [0.05, 0.1) is 24.3 Å². The van der Waals surface area contributed by atoms with Crippen LogP contribution in [0, 0.1) is 0 Å². The summed E-state index contributed by atoms with van der Waals surface area (Å²) in [5.74, 6) is 0.737. The second kappa shape index (κ2) is 2.77. The van der Waals surface area contributed by atoms with Crippen molar-refractivity contribution < 1.29 is 4.74 Å². The molecule has 0 atom stereocenters. The van der Waals surface area contributed by atoms with Crippen LogP contribution < -0.4 is 4.74 Å². The van der Waals surface area contributed by atoms with Gasteiger partial charge < -0.3 is 4.74 Å². The first-order valence-corrected chi connectivity index (χ1v) is 3.65. The Bertz CT molecular complexity index is 400. The van der Waals surface area contributed by atoms with Gasteiger partial charge in [-0.05, 0) is 12.1 Å². The van der Waals surface area contributed by atoms with E-state index in [0.717, 1.165) is 16.8 Å². The fraction of sp³-hybridized carbons (Fsp3) is 0.111. The Kier molecular flexibility index (Phi) is 1.63. The van der Waals surface area contributed by atoms with Crippen LogP contribution in [0.25, 0.3) is 11.0 Å². The predicted molar refractivity (Wildman–Crippen MR) is 46.1 cm³/mol. The van der Waals surface area contributed by atoms with Gasteiger partial charge in [0.15, 0.2) is 0 Å². The van der Waals surface area contributed by atoms with Gasteiger partial charge >= 0.3 is 0 Å². The summed E-state index contributed by atoms with van der Waals surface area (Å²) < 4.78 is 5.02. The highest BCUT2D eigenvalue weighted by Crippen LogP contribution is 2.14. The number of fused-ring (bicyclic) bond motifs is 1. The number of ether oxygens (including phenoxy) is 1. The molecule has 3 nitrogen and oxygen atoms in total. The summed E-state index contributed by atoms with van der Waals surface area (Å²) in [4.78, 5) is 8.31.